The van der Waals surface area contributed by atoms with Crippen molar-refractivity contribution in [1.29, 1.82) is 0 Å². The molecule has 0 N–H and O–H groups in total. The molecule has 0 radical (unpaired) electrons. The summed E-state index contributed by atoms with van der Waals surface area (Å²) >= 11 is 0. The van der Waals surface area contributed by atoms with Crippen LogP contribution in [0.5, 0.6) is 0 Å². The first-order valence-electron chi connectivity index (χ1n) is 6.78. The van der Waals surface area contributed by atoms with E-state index in [0.717, 1.165) is 0 Å². The number of benzene rings is 2. The van der Waals surface area contributed by atoms with E-state index in [1.807, 2.05) is 0 Å². The number of rotatable bonds is 6. The first-order valence-corrected chi connectivity index (χ1v) is 10.7. The molecule has 2 rings (SSSR count). The highest BCUT2D eigenvalue weighted by Crippen LogP contribution is 2.23. The monoisotopic (exact) mass is 328 g/mol. The van der Waals surface area contributed by atoms with Gasteiger partial charge in [0.1, 0.15) is 0 Å². The molecule has 112 valence electrons. The second-order valence-electron chi connectivity index (χ2n) is 4.99. The van der Waals surface area contributed by atoms with E-state index < -0.39 is 29.6 Å². The quantitative estimate of drug-likeness (QED) is 0.428. The molecular weight excluding hydrogens is 312 g/mol. The average molecular weight is 328 g/mol. The fourth-order valence-electron chi connectivity index (χ4n) is 2.19. The van der Waals surface area contributed by atoms with E-state index in [2.05, 4.69) is 0 Å². The molecule has 21 heavy (non-hydrogen) atoms. The first-order chi connectivity index (χ1) is 9.92. The van der Waals surface area contributed by atoms with Crippen molar-refractivity contribution in [3.8, 4) is 0 Å². The van der Waals surface area contributed by atoms with Gasteiger partial charge in [0.2, 0.25) is 0 Å². The summed E-state index contributed by atoms with van der Waals surface area (Å²) in [4.78, 5) is 0. The standard InChI is InChI=1S/C15H16F4Si2/c16-20(17,14-8-3-1-4-9-14)12-7-13-21(18,19)15-10-5-2-6-11-15/h1-6,8-11H,7,12-13H2. The molecule has 0 unspecified atom stereocenters. The van der Waals surface area contributed by atoms with Gasteiger partial charge in [-0.3, -0.25) is 16.4 Å². The van der Waals surface area contributed by atoms with Crippen molar-refractivity contribution in [2.45, 2.75) is 18.5 Å². The fraction of sp³-hybridized carbons (Fsp3) is 0.200. The minimum absolute atomic E-state index is 0.0229. The Morgan fingerprint density at radius 2 is 0.905 bits per heavy atom. The third kappa shape index (κ3) is 4.28. The Morgan fingerprint density at radius 3 is 1.24 bits per heavy atom. The first kappa shape index (κ1) is 16.0. The van der Waals surface area contributed by atoms with Crippen LogP contribution in [-0.4, -0.2) is 17.5 Å². The number of hydrogen-bond donors (Lipinski definition) is 0. The summed E-state index contributed by atoms with van der Waals surface area (Å²) in [6.45, 7) is 0. The summed E-state index contributed by atoms with van der Waals surface area (Å²) in [5, 5.41) is 0.0457. The molecule has 0 atom stereocenters. The van der Waals surface area contributed by atoms with Gasteiger partial charge in [0.15, 0.2) is 0 Å². The van der Waals surface area contributed by atoms with Crippen molar-refractivity contribution >= 4 is 27.9 Å². The zero-order valence-electron chi connectivity index (χ0n) is 11.4. The van der Waals surface area contributed by atoms with Crippen LogP contribution in [0.2, 0.25) is 12.1 Å². The minimum Gasteiger partial charge on any atom is -0.265 e. The summed E-state index contributed by atoms with van der Waals surface area (Å²) < 4.78 is 56.2. The van der Waals surface area contributed by atoms with E-state index in [1.54, 1.807) is 36.4 Å². The van der Waals surface area contributed by atoms with Gasteiger partial charge < -0.3 is 0 Å². The van der Waals surface area contributed by atoms with Gasteiger partial charge in [0, 0.05) is 22.5 Å². The molecule has 0 aromatic heterocycles. The molecule has 0 bridgehead atoms. The molecule has 0 fully saturated rings. The Labute approximate surface area is 124 Å². The zero-order chi connectivity index (χ0) is 15.3. The van der Waals surface area contributed by atoms with Gasteiger partial charge in [-0.1, -0.05) is 60.7 Å². The molecule has 0 aliphatic heterocycles. The summed E-state index contributed by atoms with van der Waals surface area (Å²) in [5.74, 6) is 0. The predicted octanol–water partition coefficient (Wildman–Crippen LogP) is 3.95. The lowest BCUT2D eigenvalue weighted by Gasteiger charge is -2.16. The molecule has 0 saturated carbocycles. The summed E-state index contributed by atoms with van der Waals surface area (Å²) in [6.07, 6.45) is -0.123. The highest BCUT2D eigenvalue weighted by molar-refractivity contribution is 6.81. The van der Waals surface area contributed by atoms with Crippen molar-refractivity contribution in [3.63, 3.8) is 0 Å². The Balaban J connectivity index is 1.95. The van der Waals surface area contributed by atoms with Gasteiger partial charge >= 0.3 is 17.5 Å². The SMILES string of the molecule is F[Si](F)(CCC[Si](F)(F)c1ccccc1)c1ccccc1. The third-order valence-corrected chi connectivity index (χ3v) is 7.69. The molecule has 2 aromatic carbocycles. The largest absolute Gasteiger partial charge is 0.455 e. The highest BCUT2D eigenvalue weighted by Gasteiger charge is 2.41. The van der Waals surface area contributed by atoms with Gasteiger partial charge in [-0.15, -0.1) is 0 Å². The van der Waals surface area contributed by atoms with E-state index >= 15 is 0 Å². The maximum absolute atomic E-state index is 14.0. The highest BCUT2D eigenvalue weighted by atomic mass is 28.4. The summed E-state index contributed by atoms with van der Waals surface area (Å²) in [6, 6.07) is 14.3. The number of halogens is 4. The van der Waals surface area contributed by atoms with E-state index in [4.69, 9.17) is 0 Å². The molecule has 0 heterocycles. The van der Waals surface area contributed by atoms with Crippen molar-refractivity contribution < 1.29 is 16.4 Å². The van der Waals surface area contributed by atoms with E-state index in [-0.39, 0.29) is 16.8 Å². The second kappa shape index (κ2) is 6.57. The molecular formula is C15H16F4Si2. The van der Waals surface area contributed by atoms with Crippen molar-refractivity contribution in [2.75, 3.05) is 0 Å². The van der Waals surface area contributed by atoms with Gasteiger partial charge in [0.25, 0.3) is 0 Å². The van der Waals surface area contributed by atoms with Gasteiger partial charge in [-0.2, -0.15) is 0 Å². The summed E-state index contributed by atoms with van der Waals surface area (Å²) in [5.41, 5.74) is 0. The maximum Gasteiger partial charge on any atom is 0.455 e. The zero-order valence-corrected chi connectivity index (χ0v) is 13.4. The third-order valence-electron chi connectivity index (χ3n) is 3.37. The van der Waals surface area contributed by atoms with Crippen LogP contribution in [0.3, 0.4) is 0 Å². The van der Waals surface area contributed by atoms with Crippen LogP contribution in [0.25, 0.3) is 0 Å². The van der Waals surface area contributed by atoms with Crippen LogP contribution < -0.4 is 10.4 Å². The topological polar surface area (TPSA) is 0 Å². The summed E-state index contributed by atoms with van der Waals surface area (Å²) in [7, 11) is -9.18. The van der Waals surface area contributed by atoms with Crippen LogP contribution in [0, 0.1) is 0 Å². The molecule has 0 spiro atoms. The van der Waals surface area contributed by atoms with E-state index in [9.17, 15) is 16.4 Å². The van der Waals surface area contributed by atoms with Gasteiger partial charge in [-0.25, -0.2) is 0 Å². The van der Waals surface area contributed by atoms with Crippen molar-refractivity contribution in [2.24, 2.45) is 0 Å². The Bertz CT molecular complexity index is 507. The maximum atomic E-state index is 14.0. The molecule has 0 aliphatic rings. The molecule has 0 saturated heterocycles. The second-order valence-corrected chi connectivity index (χ2v) is 9.97. The minimum atomic E-state index is -4.59. The molecule has 0 amide bonds. The number of hydrogen-bond acceptors (Lipinski definition) is 0. The molecule has 0 aliphatic carbocycles. The van der Waals surface area contributed by atoms with Crippen LogP contribution >= 0.6 is 0 Å². The fourth-order valence-corrected chi connectivity index (χ4v) is 5.72. The molecule has 6 heteroatoms. The lowest BCUT2D eigenvalue weighted by Crippen LogP contribution is -2.41. The normalized spacial score (nSPS) is 12.4. The Kier molecular flexibility index (Phi) is 5.00. The lowest BCUT2D eigenvalue weighted by molar-refractivity contribution is 0.594. The van der Waals surface area contributed by atoms with Crippen LogP contribution in [0.4, 0.5) is 16.4 Å². The van der Waals surface area contributed by atoms with Gasteiger partial charge in [0.05, 0.1) is 0 Å². The van der Waals surface area contributed by atoms with E-state index in [0.29, 0.717) is 0 Å². The van der Waals surface area contributed by atoms with Crippen LogP contribution in [0.15, 0.2) is 60.7 Å². The smallest absolute Gasteiger partial charge is 0.265 e. The van der Waals surface area contributed by atoms with Crippen molar-refractivity contribution in [3.05, 3.63) is 60.7 Å². The Morgan fingerprint density at radius 1 is 0.571 bits per heavy atom. The average Bonchev–Trinajstić information content (AvgIpc) is 2.49. The van der Waals surface area contributed by atoms with Crippen molar-refractivity contribution in [1.82, 2.24) is 0 Å². The van der Waals surface area contributed by atoms with Crippen LogP contribution in [-0.2, 0) is 0 Å². The van der Waals surface area contributed by atoms with Crippen LogP contribution in [0.1, 0.15) is 6.42 Å². The Hall–Kier alpha value is -1.41. The van der Waals surface area contributed by atoms with E-state index in [1.165, 1.54) is 24.3 Å². The van der Waals surface area contributed by atoms with Gasteiger partial charge in [-0.05, 0) is 6.42 Å². The predicted molar refractivity (Wildman–Crippen MR) is 82.3 cm³/mol. The molecule has 2 aromatic rings. The lowest BCUT2D eigenvalue weighted by atomic mass is 10.4. The molecule has 0 nitrogen and oxygen atoms in total.